The molecule has 3 aromatic heterocycles. The van der Waals surface area contributed by atoms with Crippen LogP contribution in [0, 0.1) is 0 Å². The molecular weight excluding hydrogens is 486 g/mol. The van der Waals surface area contributed by atoms with Crippen LogP contribution in [-0.4, -0.2) is 59.7 Å². The highest BCUT2D eigenvalue weighted by atomic mass is 16.4. The van der Waals surface area contributed by atoms with Crippen LogP contribution in [0.1, 0.15) is 58.1 Å². The average Bonchev–Trinajstić information content (AvgIpc) is 3.50. The Morgan fingerprint density at radius 3 is 2.63 bits per heavy atom. The largest absolute Gasteiger partial charge is 0.478 e. The summed E-state index contributed by atoms with van der Waals surface area (Å²) in [4.78, 5) is 51.6. The van der Waals surface area contributed by atoms with Crippen molar-refractivity contribution < 1.29 is 19.5 Å². The lowest BCUT2D eigenvalue weighted by atomic mass is 9.92. The Kier molecular flexibility index (Phi) is 5.74. The van der Waals surface area contributed by atoms with E-state index < -0.39 is 11.9 Å². The van der Waals surface area contributed by atoms with Gasteiger partial charge in [-0.1, -0.05) is 12.1 Å². The fourth-order valence-electron chi connectivity index (χ4n) is 5.45. The van der Waals surface area contributed by atoms with Gasteiger partial charge in [0.25, 0.3) is 5.91 Å². The van der Waals surface area contributed by atoms with E-state index in [1.54, 1.807) is 30.5 Å². The molecular formula is C27H25N7O4. The minimum Gasteiger partial charge on any atom is -0.478 e. The third kappa shape index (κ3) is 4.11. The average molecular weight is 512 g/mol. The standard InChI is InChI=1S/C27H25N7O4/c28-24-23-22(15-1-3-16(4-2-15)26(36)31-20-13-17(27(37)38)9-10-29-20)32-25(33(23)12-11-30-24)18-5-6-19-7-8-21(35)34(19)14-18/h1-4,9-13,18-19H,5-8,14H2,(H2,28,30)(H,37,38)(H,29,31,36)/t18-,19+/m1/s1. The second-order valence-corrected chi connectivity index (χ2v) is 9.63. The molecule has 0 aliphatic carbocycles. The molecule has 2 atom stereocenters. The van der Waals surface area contributed by atoms with Gasteiger partial charge in [-0.2, -0.15) is 0 Å². The molecule has 0 saturated carbocycles. The molecule has 2 fully saturated rings. The van der Waals surface area contributed by atoms with E-state index >= 15 is 0 Å². The molecule has 0 bridgehead atoms. The molecule has 192 valence electrons. The minimum atomic E-state index is -1.10. The van der Waals surface area contributed by atoms with Crippen LogP contribution in [0.4, 0.5) is 11.6 Å². The quantitative estimate of drug-likeness (QED) is 0.369. The van der Waals surface area contributed by atoms with Crippen molar-refractivity contribution in [3.05, 3.63) is 71.9 Å². The summed E-state index contributed by atoms with van der Waals surface area (Å²) in [7, 11) is 0. The first kappa shape index (κ1) is 23.6. The molecule has 2 amide bonds. The van der Waals surface area contributed by atoms with Gasteiger partial charge in [0.1, 0.15) is 28.7 Å². The first-order valence-electron chi connectivity index (χ1n) is 12.4. The summed E-state index contributed by atoms with van der Waals surface area (Å²) in [5, 5.41) is 11.8. The molecule has 0 unspecified atom stereocenters. The molecule has 1 aromatic carbocycles. The Bertz CT molecular complexity index is 1580. The van der Waals surface area contributed by atoms with Crippen LogP contribution >= 0.6 is 0 Å². The number of aromatic nitrogens is 4. The number of anilines is 2. The molecule has 6 rings (SSSR count). The van der Waals surface area contributed by atoms with Crippen molar-refractivity contribution in [2.75, 3.05) is 17.6 Å². The number of pyridine rings is 1. The van der Waals surface area contributed by atoms with Gasteiger partial charge >= 0.3 is 5.97 Å². The number of benzene rings is 1. The van der Waals surface area contributed by atoms with E-state index in [0.29, 0.717) is 41.6 Å². The summed E-state index contributed by atoms with van der Waals surface area (Å²) in [6, 6.07) is 9.88. The Labute approximate surface area is 217 Å². The van der Waals surface area contributed by atoms with Gasteiger partial charge in [-0.05, 0) is 43.5 Å². The number of piperidine rings is 1. The Morgan fingerprint density at radius 2 is 1.84 bits per heavy atom. The van der Waals surface area contributed by atoms with Gasteiger partial charge in [0, 0.05) is 54.6 Å². The van der Waals surface area contributed by atoms with Gasteiger partial charge < -0.3 is 21.1 Å². The molecule has 2 aliphatic heterocycles. The Hall–Kier alpha value is -4.80. The van der Waals surface area contributed by atoms with E-state index in [2.05, 4.69) is 15.3 Å². The molecule has 4 aromatic rings. The van der Waals surface area contributed by atoms with E-state index in [1.807, 2.05) is 15.5 Å². The molecule has 0 radical (unpaired) electrons. The fourth-order valence-corrected chi connectivity index (χ4v) is 5.45. The van der Waals surface area contributed by atoms with Crippen LogP contribution in [0.3, 0.4) is 0 Å². The molecule has 11 heteroatoms. The number of imidazole rings is 1. The number of hydrogen-bond acceptors (Lipinski definition) is 7. The van der Waals surface area contributed by atoms with E-state index in [0.717, 1.165) is 30.7 Å². The molecule has 4 N–H and O–H groups in total. The monoisotopic (exact) mass is 511 g/mol. The third-order valence-electron chi connectivity index (χ3n) is 7.36. The highest BCUT2D eigenvalue weighted by Crippen LogP contribution is 2.38. The normalized spacial score (nSPS) is 18.9. The highest BCUT2D eigenvalue weighted by Gasteiger charge is 2.38. The van der Waals surface area contributed by atoms with Gasteiger partial charge in [0.2, 0.25) is 5.91 Å². The van der Waals surface area contributed by atoms with Crippen LogP contribution in [0.25, 0.3) is 16.8 Å². The zero-order valence-corrected chi connectivity index (χ0v) is 20.4. The van der Waals surface area contributed by atoms with Crippen LogP contribution in [0.2, 0.25) is 0 Å². The number of aromatic carboxylic acids is 1. The number of fused-ring (bicyclic) bond motifs is 2. The molecule has 2 saturated heterocycles. The second kappa shape index (κ2) is 9.25. The number of nitrogens with one attached hydrogen (secondary N) is 1. The SMILES string of the molecule is Nc1nccn2c([C@@H]3CC[C@H]4CCC(=O)N4C3)nc(-c3ccc(C(=O)Nc4cc(C(=O)O)ccn4)cc3)c12. The molecule has 2 aliphatic rings. The molecule has 11 nitrogen and oxygen atoms in total. The first-order valence-corrected chi connectivity index (χ1v) is 12.4. The predicted molar refractivity (Wildman–Crippen MR) is 139 cm³/mol. The summed E-state index contributed by atoms with van der Waals surface area (Å²) in [5.74, 6) is 0.0970. The predicted octanol–water partition coefficient (Wildman–Crippen LogP) is 3.19. The number of nitrogens with zero attached hydrogens (tertiary/aromatic N) is 5. The number of hydrogen-bond donors (Lipinski definition) is 3. The van der Waals surface area contributed by atoms with Gasteiger partial charge in [-0.25, -0.2) is 19.7 Å². The molecule has 0 spiro atoms. The van der Waals surface area contributed by atoms with Crippen LogP contribution < -0.4 is 11.1 Å². The number of carboxylic acids is 1. The van der Waals surface area contributed by atoms with Crippen molar-refractivity contribution in [2.24, 2.45) is 0 Å². The van der Waals surface area contributed by atoms with Crippen molar-refractivity contribution in [3.8, 4) is 11.3 Å². The second-order valence-electron chi connectivity index (χ2n) is 9.63. The summed E-state index contributed by atoms with van der Waals surface area (Å²) < 4.78 is 1.96. The summed E-state index contributed by atoms with van der Waals surface area (Å²) in [6.45, 7) is 0.639. The summed E-state index contributed by atoms with van der Waals surface area (Å²) in [6.07, 6.45) is 8.24. The number of amides is 2. The van der Waals surface area contributed by atoms with Crippen LogP contribution in [0.15, 0.2) is 55.0 Å². The highest BCUT2D eigenvalue weighted by molar-refractivity contribution is 6.04. The number of carbonyl (C=O) groups excluding carboxylic acids is 2. The summed E-state index contributed by atoms with van der Waals surface area (Å²) in [5.41, 5.74) is 8.80. The molecule has 5 heterocycles. The van der Waals surface area contributed by atoms with E-state index in [-0.39, 0.29) is 23.2 Å². The Morgan fingerprint density at radius 1 is 1.03 bits per heavy atom. The number of carboxylic acid groups (broad SMARTS) is 1. The Balaban J connectivity index is 1.29. The van der Waals surface area contributed by atoms with Crippen molar-refractivity contribution in [1.82, 2.24) is 24.3 Å². The first-order chi connectivity index (χ1) is 18.4. The topological polar surface area (TPSA) is 156 Å². The third-order valence-corrected chi connectivity index (χ3v) is 7.36. The van der Waals surface area contributed by atoms with Gasteiger partial charge in [0.05, 0.1) is 5.56 Å². The number of nitrogens with two attached hydrogens (primary N) is 1. The lowest BCUT2D eigenvalue weighted by molar-refractivity contribution is -0.130. The molecule has 38 heavy (non-hydrogen) atoms. The maximum atomic E-state index is 12.8. The van der Waals surface area contributed by atoms with E-state index in [4.69, 9.17) is 15.8 Å². The van der Waals surface area contributed by atoms with Crippen molar-refractivity contribution >= 4 is 34.9 Å². The lowest BCUT2D eigenvalue weighted by Gasteiger charge is -2.34. The smallest absolute Gasteiger partial charge is 0.335 e. The minimum absolute atomic E-state index is 0.0295. The van der Waals surface area contributed by atoms with Crippen molar-refractivity contribution in [2.45, 2.75) is 37.6 Å². The zero-order valence-electron chi connectivity index (χ0n) is 20.4. The van der Waals surface area contributed by atoms with Gasteiger partial charge in [-0.3, -0.25) is 14.0 Å². The van der Waals surface area contributed by atoms with Crippen molar-refractivity contribution in [1.29, 1.82) is 0 Å². The maximum Gasteiger partial charge on any atom is 0.335 e. The number of rotatable bonds is 5. The van der Waals surface area contributed by atoms with Gasteiger partial charge in [0.15, 0.2) is 0 Å². The van der Waals surface area contributed by atoms with E-state index in [9.17, 15) is 14.4 Å². The van der Waals surface area contributed by atoms with Crippen LogP contribution in [-0.2, 0) is 4.79 Å². The van der Waals surface area contributed by atoms with Crippen molar-refractivity contribution in [3.63, 3.8) is 0 Å². The lowest BCUT2D eigenvalue weighted by Crippen LogP contribution is -2.41. The number of carbonyl (C=O) groups is 3. The summed E-state index contributed by atoms with van der Waals surface area (Å²) >= 11 is 0. The zero-order chi connectivity index (χ0) is 26.4. The number of nitrogen functional groups attached to an aromatic ring is 1. The van der Waals surface area contributed by atoms with Crippen LogP contribution in [0.5, 0.6) is 0 Å². The fraction of sp³-hybridized carbons (Fsp3) is 0.259. The van der Waals surface area contributed by atoms with E-state index in [1.165, 1.54) is 18.3 Å². The van der Waals surface area contributed by atoms with Gasteiger partial charge in [-0.15, -0.1) is 0 Å². The maximum absolute atomic E-state index is 12.8.